The highest BCUT2D eigenvalue weighted by atomic mass is 15.3. The molecule has 3 nitrogen and oxygen atoms in total. The van der Waals surface area contributed by atoms with Gasteiger partial charge in [0.1, 0.15) is 0 Å². The summed E-state index contributed by atoms with van der Waals surface area (Å²) in [4.78, 5) is 0. The third-order valence-electron chi connectivity index (χ3n) is 3.80. The Labute approximate surface area is 98.2 Å². The number of aryl methyl sites for hydroxylation is 2. The molecule has 0 saturated heterocycles. The van der Waals surface area contributed by atoms with E-state index in [0.717, 1.165) is 25.3 Å². The standard InChI is InChI=1S/C13H23N3/c1-4-13(6-7-13)10-14-9-12-8-11(3)15-16(12)5-2/h8,14H,4-7,9-10H2,1-3H3. The summed E-state index contributed by atoms with van der Waals surface area (Å²) in [6.45, 7) is 9.58. The summed E-state index contributed by atoms with van der Waals surface area (Å²) in [6, 6.07) is 2.18. The fourth-order valence-corrected chi connectivity index (χ4v) is 2.30. The molecule has 1 aliphatic rings. The first-order chi connectivity index (χ1) is 7.69. The monoisotopic (exact) mass is 221 g/mol. The molecule has 0 bridgehead atoms. The molecule has 0 spiro atoms. The molecule has 1 fully saturated rings. The predicted molar refractivity (Wildman–Crippen MR) is 66.3 cm³/mol. The Kier molecular flexibility index (Phi) is 3.33. The Balaban J connectivity index is 1.84. The summed E-state index contributed by atoms with van der Waals surface area (Å²) in [5.74, 6) is 0. The van der Waals surface area contributed by atoms with Crippen LogP contribution in [0.5, 0.6) is 0 Å². The molecule has 0 atom stereocenters. The smallest absolute Gasteiger partial charge is 0.0597 e. The van der Waals surface area contributed by atoms with Gasteiger partial charge in [-0.1, -0.05) is 6.92 Å². The van der Waals surface area contributed by atoms with Gasteiger partial charge in [-0.15, -0.1) is 0 Å². The molecule has 1 N–H and O–H groups in total. The van der Waals surface area contributed by atoms with Crippen LogP contribution in [0.4, 0.5) is 0 Å². The molecule has 0 unspecified atom stereocenters. The van der Waals surface area contributed by atoms with Crippen molar-refractivity contribution in [1.29, 1.82) is 0 Å². The summed E-state index contributed by atoms with van der Waals surface area (Å²) in [7, 11) is 0. The summed E-state index contributed by atoms with van der Waals surface area (Å²) in [5, 5.41) is 8.04. The van der Waals surface area contributed by atoms with Crippen LogP contribution in [0, 0.1) is 12.3 Å². The van der Waals surface area contributed by atoms with E-state index in [1.165, 1.54) is 25.0 Å². The average Bonchev–Trinajstić information content (AvgIpc) is 2.97. The lowest BCUT2D eigenvalue weighted by Crippen LogP contribution is -2.24. The van der Waals surface area contributed by atoms with E-state index in [9.17, 15) is 0 Å². The molecule has 3 heteroatoms. The van der Waals surface area contributed by atoms with Crippen LogP contribution < -0.4 is 5.32 Å². The first kappa shape index (κ1) is 11.6. The van der Waals surface area contributed by atoms with Gasteiger partial charge in [0.05, 0.1) is 11.4 Å². The van der Waals surface area contributed by atoms with Crippen LogP contribution in [0.15, 0.2) is 6.07 Å². The fourth-order valence-electron chi connectivity index (χ4n) is 2.30. The van der Waals surface area contributed by atoms with Crippen molar-refractivity contribution >= 4 is 0 Å². The maximum atomic E-state index is 4.46. The molecule has 0 aliphatic heterocycles. The molecule has 0 amide bonds. The molecule has 1 aromatic heterocycles. The zero-order valence-electron chi connectivity index (χ0n) is 10.7. The van der Waals surface area contributed by atoms with E-state index >= 15 is 0 Å². The molecule has 1 heterocycles. The van der Waals surface area contributed by atoms with Gasteiger partial charge in [0.15, 0.2) is 0 Å². The summed E-state index contributed by atoms with van der Waals surface area (Å²) in [6.07, 6.45) is 4.12. The summed E-state index contributed by atoms with van der Waals surface area (Å²) >= 11 is 0. The molecule has 1 saturated carbocycles. The molecule has 1 aliphatic carbocycles. The Morgan fingerprint density at radius 3 is 2.75 bits per heavy atom. The molecular weight excluding hydrogens is 198 g/mol. The highest BCUT2D eigenvalue weighted by Crippen LogP contribution is 2.47. The zero-order chi connectivity index (χ0) is 11.6. The van der Waals surface area contributed by atoms with E-state index in [0.29, 0.717) is 5.41 Å². The van der Waals surface area contributed by atoms with Crippen LogP contribution in [0.3, 0.4) is 0 Å². The minimum absolute atomic E-state index is 0.631. The average molecular weight is 221 g/mol. The minimum Gasteiger partial charge on any atom is -0.311 e. The highest BCUT2D eigenvalue weighted by Gasteiger charge is 2.39. The van der Waals surface area contributed by atoms with Crippen LogP contribution in [0.1, 0.15) is 44.5 Å². The van der Waals surface area contributed by atoms with Crippen molar-refractivity contribution in [2.45, 2.75) is 53.1 Å². The van der Waals surface area contributed by atoms with Gasteiger partial charge in [0, 0.05) is 19.6 Å². The van der Waals surface area contributed by atoms with Gasteiger partial charge in [-0.05, 0) is 44.6 Å². The second-order valence-corrected chi connectivity index (χ2v) is 5.05. The van der Waals surface area contributed by atoms with Gasteiger partial charge < -0.3 is 5.32 Å². The van der Waals surface area contributed by atoms with Crippen molar-refractivity contribution in [2.24, 2.45) is 5.41 Å². The normalized spacial score (nSPS) is 17.7. The molecule has 16 heavy (non-hydrogen) atoms. The third kappa shape index (κ3) is 2.46. The SMILES string of the molecule is CCn1nc(C)cc1CNCC1(CC)CC1. The van der Waals surface area contributed by atoms with Gasteiger partial charge in [-0.25, -0.2) is 0 Å². The maximum Gasteiger partial charge on any atom is 0.0597 e. The third-order valence-corrected chi connectivity index (χ3v) is 3.80. The number of hydrogen-bond donors (Lipinski definition) is 1. The lowest BCUT2D eigenvalue weighted by molar-refractivity contribution is 0.436. The Morgan fingerprint density at radius 2 is 2.19 bits per heavy atom. The molecule has 0 radical (unpaired) electrons. The van der Waals surface area contributed by atoms with E-state index in [-0.39, 0.29) is 0 Å². The number of nitrogens with one attached hydrogen (secondary N) is 1. The van der Waals surface area contributed by atoms with E-state index in [4.69, 9.17) is 0 Å². The van der Waals surface area contributed by atoms with E-state index < -0.39 is 0 Å². The first-order valence-electron chi connectivity index (χ1n) is 6.43. The minimum atomic E-state index is 0.631. The van der Waals surface area contributed by atoms with Crippen LogP contribution in [0.25, 0.3) is 0 Å². The lowest BCUT2D eigenvalue weighted by Gasteiger charge is -2.13. The summed E-state index contributed by atoms with van der Waals surface area (Å²) < 4.78 is 2.09. The predicted octanol–water partition coefficient (Wildman–Crippen LogP) is 2.49. The van der Waals surface area contributed by atoms with Gasteiger partial charge in [0.2, 0.25) is 0 Å². The van der Waals surface area contributed by atoms with Crippen LogP contribution in [0.2, 0.25) is 0 Å². The molecular formula is C13H23N3. The highest BCUT2D eigenvalue weighted by molar-refractivity contribution is 5.09. The van der Waals surface area contributed by atoms with Crippen LogP contribution in [-0.4, -0.2) is 16.3 Å². The molecule has 90 valence electrons. The number of aromatic nitrogens is 2. The maximum absolute atomic E-state index is 4.46. The van der Waals surface area contributed by atoms with Crippen molar-refractivity contribution < 1.29 is 0 Å². The molecule has 0 aromatic carbocycles. The zero-order valence-corrected chi connectivity index (χ0v) is 10.7. The van der Waals surface area contributed by atoms with Crippen molar-refractivity contribution in [3.63, 3.8) is 0 Å². The lowest BCUT2D eigenvalue weighted by atomic mass is 10.0. The van der Waals surface area contributed by atoms with Gasteiger partial charge >= 0.3 is 0 Å². The van der Waals surface area contributed by atoms with Crippen molar-refractivity contribution in [1.82, 2.24) is 15.1 Å². The topological polar surface area (TPSA) is 29.9 Å². The largest absolute Gasteiger partial charge is 0.311 e. The Bertz CT molecular complexity index is 350. The van der Waals surface area contributed by atoms with Crippen LogP contribution in [-0.2, 0) is 13.1 Å². The Morgan fingerprint density at radius 1 is 1.44 bits per heavy atom. The Hall–Kier alpha value is -0.830. The van der Waals surface area contributed by atoms with Crippen molar-refractivity contribution in [3.8, 4) is 0 Å². The summed E-state index contributed by atoms with van der Waals surface area (Å²) in [5.41, 5.74) is 3.06. The molecule has 1 aromatic rings. The quantitative estimate of drug-likeness (QED) is 0.800. The van der Waals surface area contributed by atoms with E-state index in [1.54, 1.807) is 0 Å². The number of nitrogens with zero attached hydrogens (tertiary/aromatic N) is 2. The number of hydrogen-bond acceptors (Lipinski definition) is 2. The first-order valence-corrected chi connectivity index (χ1v) is 6.43. The van der Waals surface area contributed by atoms with Crippen molar-refractivity contribution in [2.75, 3.05) is 6.54 Å². The van der Waals surface area contributed by atoms with Crippen LogP contribution >= 0.6 is 0 Å². The second kappa shape index (κ2) is 4.58. The molecule has 2 rings (SSSR count). The van der Waals surface area contributed by atoms with E-state index in [2.05, 4.69) is 41.9 Å². The second-order valence-electron chi connectivity index (χ2n) is 5.05. The van der Waals surface area contributed by atoms with Gasteiger partial charge in [-0.3, -0.25) is 4.68 Å². The van der Waals surface area contributed by atoms with E-state index in [1.807, 2.05) is 0 Å². The van der Waals surface area contributed by atoms with Gasteiger partial charge in [-0.2, -0.15) is 5.10 Å². The van der Waals surface area contributed by atoms with Crippen molar-refractivity contribution in [3.05, 3.63) is 17.5 Å². The van der Waals surface area contributed by atoms with Gasteiger partial charge in [0.25, 0.3) is 0 Å². The fraction of sp³-hybridized carbons (Fsp3) is 0.769. The number of rotatable bonds is 6.